The molecule has 1 N–H and O–H groups in total. The number of rotatable bonds is 7. The molecule has 0 unspecified atom stereocenters. The summed E-state index contributed by atoms with van der Waals surface area (Å²) in [7, 11) is -1.78. The zero-order valence-electron chi connectivity index (χ0n) is 18.4. The van der Waals surface area contributed by atoms with E-state index in [4.69, 9.17) is 4.43 Å². The van der Waals surface area contributed by atoms with E-state index in [0.717, 1.165) is 26.0 Å². The number of aliphatic hydroxyl groups is 1. The van der Waals surface area contributed by atoms with Gasteiger partial charge in [0, 0.05) is 25.7 Å². The van der Waals surface area contributed by atoms with Crippen LogP contribution < -0.4 is 0 Å². The number of fused-ring (bicyclic) bond motifs is 1. The Kier molecular flexibility index (Phi) is 7.48. The van der Waals surface area contributed by atoms with Crippen LogP contribution in [0, 0.1) is 0 Å². The minimum absolute atomic E-state index is 0.216. The number of hydrogen-bond donors (Lipinski definition) is 1. The Morgan fingerprint density at radius 1 is 1.26 bits per heavy atom. The first kappa shape index (κ1) is 22.3. The van der Waals surface area contributed by atoms with Crippen molar-refractivity contribution in [3.63, 3.8) is 0 Å². The molecule has 0 bridgehead atoms. The first-order valence-electron chi connectivity index (χ1n) is 10.3. The second-order valence-electron chi connectivity index (χ2n) is 9.80. The molecule has 0 fully saturated rings. The highest BCUT2D eigenvalue weighted by Crippen LogP contribution is 2.37. The average Bonchev–Trinajstić information content (AvgIpc) is 2.57. The highest BCUT2D eigenvalue weighted by Gasteiger charge is 2.38. The van der Waals surface area contributed by atoms with Crippen molar-refractivity contribution in [2.45, 2.75) is 84.3 Å². The molecule has 0 amide bonds. The number of allylic oxidation sites excluding steroid dienone is 1. The van der Waals surface area contributed by atoms with Crippen LogP contribution in [0.5, 0.6) is 0 Å². The van der Waals surface area contributed by atoms with E-state index in [9.17, 15) is 5.11 Å². The molecule has 0 spiro atoms. The fourth-order valence-corrected chi connectivity index (χ4v) is 4.30. The van der Waals surface area contributed by atoms with Gasteiger partial charge in [-0.15, -0.1) is 0 Å². The van der Waals surface area contributed by atoms with Crippen molar-refractivity contribution < 1.29 is 9.53 Å². The molecule has 1 aliphatic rings. The molecule has 0 aliphatic carbocycles. The van der Waals surface area contributed by atoms with Crippen LogP contribution >= 0.6 is 0 Å². The van der Waals surface area contributed by atoms with Gasteiger partial charge < -0.3 is 9.53 Å². The van der Waals surface area contributed by atoms with E-state index in [0.29, 0.717) is 12.6 Å². The first-order valence-corrected chi connectivity index (χ1v) is 13.2. The van der Waals surface area contributed by atoms with E-state index in [2.05, 4.69) is 83.0 Å². The van der Waals surface area contributed by atoms with Gasteiger partial charge in [0.15, 0.2) is 8.32 Å². The van der Waals surface area contributed by atoms with Gasteiger partial charge in [-0.25, -0.2) is 0 Å². The molecule has 27 heavy (non-hydrogen) atoms. The zero-order valence-corrected chi connectivity index (χ0v) is 19.4. The van der Waals surface area contributed by atoms with Gasteiger partial charge in [-0.05, 0) is 55.9 Å². The van der Waals surface area contributed by atoms with Crippen LogP contribution in [-0.4, -0.2) is 43.6 Å². The summed E-state index contributed by atoms with van der Waals surface area (Å²) < 4.78 is 6.56. The minimum atomic E-state index is -1.78. The van der Waals surface area contributed by atoms with Crippen LogP contribution in [-0.2, 0) is 17.4 Å². The van der Waals surface area contributed by atoms with Gasteiger partial charge in [-0.1, -0.05) is 56.7 Å². The van der Waals surface area contributed by atoms with Gasteiger partial charge in [0.25, 0.3) is 0 Å². The van der Waals surface area contributed by atoms with Crippen LogP contribution in [0.3, 0.4) is 0 Å². The van der Waals surface area contributed by atoms with E-state index < -0.39 is 8.32 Å². The monoisotopic (exact) mass is 389 g/mol. The molecule has 0 aromatic heterocycles. The molecule has 1 aromatic carbocycles. The summed E-state index contributed by atoms with van der Waals surface area (Å²) in [5.41, 5.74) is 4.07. The number of β-amino-alcohol motifs (C(OH)–C–C–N with tert-alkyl or cyclic N) is 1. The molecule has 1 aliphatic heterocycles. The first-order chi connectivity index (χ1) is 12.5. The summed E-state index contributed by atoms with van der Waals surface area (Å²) in [6.45, 7) is 18.0. The van der Waals surface area contributed by atoms with Crippen LogP contribution in [0.2, 0.25) is 18.1 Å². The standard InChI is InChI=1S/C23H39NO2Si/c1-18(2)12-13-22(25)16-24-15-20-11-9-8-10-19(20)14-21(24)17-26-27(6,7)23(3,4)5/h8-12,21-22,25H,13-17H2,1-7H3/t21-,22-/m0/s1. The van der Waals surface area contributed by atoms with Gasteiger partial charge in [0.1, 0.15) is 0 Å². The molecule has 2 atom stereocenters. The van der Waals surface area contributed by atoms with E-state index in [1.54, 1.807) is 0 Å². The Hall–Kier alpha value is -0.943. The van der Waals surface area contributed by atoms with Crippen molar-refractivity contribution >= 4 is 8.32 Å². The predicted octanol–water partition coefficient (Wildman–Crippen LogP) is 5.15. The maximum Gasteiger partial charge on any atom is 0.192 e. The molecular formula is C23H39NO2Si. The summed E-state index contributed by atoms with van der Waals surface area (Å²) in [4.78, 5) is 2.43. The lowest BCUT2D eigenvalue weighted by Gasteiger charge is -2.42. The largest absolute Gasteiger partial charge is 0.415 e. The van der Waals surface area contributed by atoms with Crippen LogP contribution in [0.15, 0.2) is 35.9 Å². The van der Waals surface area contributed by atoms with Gasteiger partial charge in [0.2, 0.25) is 0 Å². The van der Waals surface area contributed by atoms with Crippen molar-refractivity contribution in [1.82, 2.24) is 4.90 Å². The van der Waals surface area contributed by atoms with Crippen molar-refractivity contribution in [1.29, 1.82) is 0 Å². The Morgan fingerprint density at radius 2 is 1.89 bits per heavy atom. The molecule has 0 radical (unpaired) electrons. The van der Waals surface area contributed by atoms with Crippen molar-refractivity contribution in [2.24, 2.45) is 0 Å². The lowest BCUT2D eigenvalue weighted by molar-refractivity contribution is 0.0542. The quantitative estimate of drug-likeness (QED) is 0.517. The topological polar surface area (TPSA) is 32.7 Å². The number of benzene rings is 1. The van der Waals surface area contributed by atoms with Gasteiger partial charge in [-0.2, -0.15) is 0 Å². The SMILES string of the molecule is CC(C)=CC[C@H](O)CN1Cc2ccccc2C[C@H]1CO[Si](C)(C)C(C)(C)C. The molecule has 1 aromatic rings. The molecule has 1 heterocycles. The predicted molar refractivity (Wildman–Crippen MR) is 118 cm³/mol. The van der Waals surface area contributed by atoms with Crippen LogP contribution in [0.1, 0.15) is 52.2 Å². The molecule has 3 nitrogen and oxygen atoms in total. The highest BCUT2D eigenvalue weighted by molar-refractivity contribution is 6.74. The number of hydrogen-bond acceptors (Lipinski definition) is 3. The summed E-state index contributed by atoms with van der Waals surface area (Å²) in [5, 5.41) is 10.8. The number of nitrogens with zero attached hydrogens (tertiary/aromatic N) is 1. The lowest BCUT2D eigenvalue weighted by Crippen LogP contribution is -2.50. The summed E-state index contributed by atoms with van der Waals surface area (Å²) in [6.07, 6.45) is 3.51. The van der Waals surface area contributed by atoms with Crippen molar-refractivity contribution in [2.75, 3.05) is 13.2 Å². The van der Waals surface area contributed by atoms with Gasteiger partial charge in [0.05, 0.1) is 6.10 Å². The third-order valence-electron chi connectivity index (χ3n) is 6.15. The molecule has 4 heteroatoms. The summed E-state index contributed by atoms with van der Waals surface area (Å²) in [5.74, 6) is 0. The van der Waals surface area contributed by atoms with E-state index >= 15 is 0 Å². The van der Waals surface area contributed by atoms with E-state index in [1.807, 2.05) is 0 Å². The minimum Gasteiger partial charge on any atom is -0.415 e. The second-order valence-corrected chi connectivity index (χ2v) is 14.6. The van der Waals surface area contributed by atoms with Gasteiger partial charge in [-0.3, -0.25) is 4.90 Å². The van der Waals surface area contributed by atoms with Crippen molar-refractivity contribution in [3.8, 4) is 0 Å². The van der Waals surface area contributed by atoms with E-state index in [1.165, 1.54) is 16.7 Å². The molecule has 2 rings (SSSR count). The smallest absolute Gasteiger partial charge is 0.192 e. The molecule has 0 saturated heterocycles. The summed E-state index contributed by atoms with van der Waals surface area (Å²) in [6, 6.07) is 9.03. The molecule has 152 valence electrons. The Bertz CT molecular complexity index is 644. The Balaban J connectivity index is 2.11. The third kappa shape index (κ3) is 6.28. The Morgan fingerprint density at radius 3 is 2.48 bits per heavy atom. The van der Waals surface area contributed by atoms with Crippen LogP contribution in [0.25, 0.3) is 0 Å². The fraction of sp³-hybridized carbons (Fsp3) is 0.652. The average molecular weight is 390 g/mol. The van der Waals surface area contributed by atoms with E-state index in [-0.39, 0.29) is 11.1 Å². The van der Waals surface area contributed by atoms with Crippen LogP contribution in [0.4, 0.5) is 0 Å². The zero-order chi connectivity index (χ0) is 20.2. The normalized spacial score (nSPS) is 19.5. The molecular weight excluding hydrogens is 350 g/mol. The highest BCUT2D eigenvalue weighted by atomic mass is 28.4. The van der Waals surface area contributed by atoms with Crippen molar-refractivity contribution in [3.05, 3.63) is 47.0 Å². The molecule has 0 saturated carbocycles. The third-order valence-corrected chi connectivity index (χ3v) is 10.7. The number of aliphatic hydroxyl groups excluding tert-OH is 1. The maximum absolute atomic E-state index is 10.6. The lowest BCUT2D eigenvalue weighted by atomic mass is 9.94. The fourth-order valence-electron chi connectivity index (χ4n) is 3.26. The summed E-state index contributed by atoms with van der Waals surface area (Å²) >= 11 is 0. The Labute approximate surface area is 167 Å². The van der Waals surface area contributed by atoms with Gasteiger partial charge >= 0.3 is 0 Å². The second kappa shape index (κ2) is 9.04. The maximum atomic E-state index is 10.6.